The number of aromatic nitrogens is 1. The van der Waals surface area contributed by atoms with Crippen molar-refractivity contribution in [2.75, 3.05) is 0 Å². The van der Waals surface area contributed by atoms with Crippen LogP contribution in [0.15, 0.2) is 125 Å². The maximum absolute atomic E-state index is 2.46. The lowest BCUT2D eigenvalue weighted by Gasteiger charge is -2.22. The van der Waals surface area contributed by atoms with E-state index in [0.29, 0.717) is 0 Å². The molecule has 1 aromatic heterocycles. The van der Waals surface area contributed by atoms with Crippen LogP contribution in [0.3, 0.4) is 0 Å². The van der Waals surface area contributed by atoms with E-state index in [1.165, 1.54) is 70.0 Å². The second kappa shape index (κ2) is 6.75. The molecule has 1 aliphatic heterocycles. The van der Waals surface area contributed by atoms with Gasteiger partial charge in [0.05, 0.1) is 16.7 Å². The van der Waals surface area contributed by atoms with E-state index < -0.39 is 0 Å². The fourth-order valence-electron chi connectivity index (χ4n) is 5.67. The molecule has 0 radical (unpaired) electrons. The van der Waals surface area contributed by atoms with Crippen molar-refractivity contribution >= 4 is 55.1 Å². The van der Waals surface area contributed by atoms with Crippen molar-refractivity contribution in [2.45, 2.75) is 9.79 Å². The van der Waals surface area contributed by atoms with Crippen LogP contribution in [0.1, 0.15) is 0 Å². The predicted molar refractivity (Wildman–Crippen MR) is 145 cm³/mol. The fraction of sp³-hybridized carbons (Fsp3) is 0. The van der Waals surface area contributed by atoms with E-state index in [4.69, 9.17) is 0 Å². The van der Waals surface area contributed by atoms with Gasteiger partial charge in [0, 0.05) is 31.3 Å². The third kappa shape index (κ3) is 2.41. The summed E-state index contributed by atoms with van der Waals surface area (Å²) in [7, 11) is 0. The number of nitrogens with zero attached hydrogens (tertiary/aromatic N) is 1. The first-order chi connectivity index (χ1) is 16.9. The Bertz CT molecular complexity index is 1940. The van der Waals surface area contributed by atoms with Crippen molar-refractivity contribution in [3.63, 3.8) is 0 Å². The third-order valence-corrected chi connectivity index (χ3v) is 8.29. The van der Waals surface area contributed by atoms with Gasteiger partial charge in [-0.3, -0.25) is 0 Å². The second-order valence-electron chi connectivity index (χ2n) is 8.98. The fourth-order valence-corrected chi connectivity index (χ4v) is 6.80. The molecule has 1 nitrogen and oxygen atoms in total. The van der Waals surface area contributed by atoms with Gasteiger partial charge in [-0.15, -0.1) is 0 Å². The van der Waals surface area contributed by atoms with Gasteiger partial charge in [-0.2, -0.15) is 0 Å². The lowest BCUT2D eigenvalue weighted by Crippen LogP contribution is -1.99. The van der Waals surface area contributed by atoms with Crippen molar-refractivity contribution < 1.29 is 0 Å². The quantitative estimate of drug-likeness (QED) is 0.242. The molecule has 34 heavy (non-hydrogen) atoms. The molecule has 2 heterocycles. The van der Waals surface area contributed by atoms with Gasteiger partial charge in [-0.05, 0) is 58.3 Å². The Kier molecular flexibility index (Phi) is 3.66. The molecule has 0 N–H and O–H groups in total. The highest BCUT2D eigenvalue weighted by Gasteiger charge is 2.22. The van der Waals surface area contributed by atoms with Crippen LogP contribution in [-0.2, 0) is 0 Å². The number of hydrogen-bond donors (Lipinski definition) is 0. The van der Waals surface area contributed by atoms with Gasteiger partial charge in [0.15, 0.2) is 0 Å². The summed E-state index contributed by atoms with van der Waals surface area (Å²) >= 11 is 1.88. The summed E-state index contributed by atoms with van der Waals surface area (Å²) in [5.74, 6) is 0. The van der Waals surface area contributed by atoms with Gasteiger partial charge in [-0.25, -0.2) is 0 Å². The van der Waals surface area contributed by atoms with Crippen molar-refractivity contribution in [2.24, 2.45) is 0 Å². The zero-order valence-electron chi connectivity index (χ0n) is 18.3. The first kappa shape index (κ1) is 18.4. The minimum Gasteiger partial charge on any atom is -0.309 e. The SMILES string of the molecule is c1ccc2c(c1)Sc1ccc(-n3c4ccccc4c4cc5ccccc5cc43)c3cccc-2c13. The number of benzene rings is 6. The molecule has 6 aromatic carbocycles. The van der Waals surface area contributed by atoms with E-state index in [9.17, 15) is 0 Å². The normalized spacial score (nSPS) is 12.6. The lowest BCUT2D eigenvalue weighted by molar-refractivity contribution is 1.19. The average Bonchev–Trinajstić information content (AvgIpc) is 3.21. The van der Waals surface area contributed by atoms with Crippen molar-refractivity contribution in [3.05, 3.63) is 115 Å². The van der Waals surface area contributed by atoms with Crippen molar-refractivity contribution in [1.29, 1.82) is 0 Å². The van der Waals surface area contributed by atoms with Crippen molar-refractivity contribution in [3.8, 4) is 16.8 Å². The van der Waals surface area contributed by atoms with Crippen LogP contribution < -0.4 is 0 Å². The minimum atomic E-state index is 1.24. The summed E-state index contributed by atoms with van der Waals surface area (Å²) < 4.78 is 2.46. The van der Waals surface area contributed by atoms with E-state index in [-0.39, 0.29) is 0 Å². The molecule has 0 fully saturated rings. The van der Waals surface area contributed by atoms with Gasteiger partial charge in [0.2, 0.25) is 0 Å². The van der Waals surface area contributed by atoms with Gasteiger partial charge < -0.3 is 4.57 Å². The van der Waals surface area contributed by atoms with Crippen LogP contribution in [0.25, 0.3) is 60.2 Å². The molecule has 0 unspecified atom stereocenters. The lowest BCUT2D eigenvalue weighted by atomic mass is 9.96. The monoisotopic (exact) mass is 449 g/mol. The molecule has 158 valence electrons. The Morgan fingerprint density at radius 1 is 0.471 bits per heavy atom. The molecule has 1 aliphatic rings. The molecule has 0 saturated heterocycles. The summed E-state index contributed by atoms with van der Waals surface area (Å²) in [6.07, 6.45) is 0. The molecule has 8 rings (SSSR count). The van der Waals surface area contributed by atoms with Crippen LogP contribution in [0.4, 0.5) is 0 Å². The van der Waals surface area contributed by atoms with Gasteiger partial charge in [0.1, 0.15) is 0 Å². The first-order valence-corrected chi connectivity index (χ1v) is 12.4. The molecule has 0 bridgehead atoms. The molecule has 0 atom stereocenters. The molecule has 0 aliphatic carbocycles. The smallest absolute Gasteiger partial charge is 0.0547 e. The molecular weight excluding hydrogens is 430 g/mol. The van der Waals surface area contributed by atoms with Crippen LogP contribution in [-0.4, -0.2) is 4.57 Å². The maximum atomic E-state index is 2.46. The second-order valence-corrected chi connectivity index (χ2v) is 10.1. The molecule has 2 heteroatoms. The molecule has 0 amide bonds. The minimum absolute atomic E-state index is 1.24. The first-order valence-electron chi connectivity index (χ1n) is 11.6. The standard InChI is InChI=1S/C32H19NS/c1-2-9-21-19-29-26(18-20(21)8-1)22-10-3-5-14-27(22)33(29)28-16-17-31-32-24(12-7-13-25(28)32)23-11-4-6-15-30(23)34-31/h1-19H. The largest absolute Gasteiger partial charge is 0.309 e. The highest BCUT2D eigenvalue weighted by molar-refractivity contribution is 7.99. The number of hydrogen-bond acceptors (Lipinski definition) is 1. The van der Waals surface area contributed by atoms with Crippen LogP contribution >= 0.6 is 11.8 Å². The van der Waals surface area contributed by atoms with E-state index in [2.05, 4.69) is 120 Å². The third-order valence-electron chi connectivity index (χ3n) is 7.16. The van der Waals surface area contributed by atoms with Crippen molar-refractivity contribution in [1.82, 2.24) is 4.57 Å². The summed E-state index contributed by atoms with van der Waals surface area (Å²) in [4.78, 5) is 2.66. The Balaban J connectivity index is 1.53. The molecule has 0 saturated carbocycles. The van der Waals surface area contributed by atoms with Crippen LogP contribution in [0.5, 0.6) is 0 Å². The highest BCUT2D eigenvalue weighted by atomic mass is 32.2. The zero-order chi connectivity index (χ0) is 22.2. The number of rotatable bonds is 1. The van der Waals surface area contributed by atoms with Crippen LogP contribution in [0, 0.1) is 0 Å². The van der Waals surface area contributed by atoms with Gasteiger partial charge in [-0.1, -0.05) is 90.6 Å². The molecule has 0 spiro atoms. The maximum Gasteiger partial charge on any atom is 0.0547 e. The Labute approximate surface area is 201 Å². The molecule has 7 aromatic rings. The summed E-state index contributed by atoms with van der Waals surface area (Å²) in [6.45, 7) is 0. The highest BCUT2D eigenvalue weighted by Crippen LogP contribution is 2.49. The van der Waals surface area contributed by atoms with Gasteiger partial charge in [0.25, 0.3) is 0 Å². The zero-order valence-corrected chi connectivity index (χ0v) is 19.1. The number of para-hydroxylation sites is 1. The molecular formula is C32H19NS. The summed E-state index contributed by atoms with van der Waals surface area (Å²) in [5, 5.41) is 7.80. The topological polar surface area (TPSA) is 4.93 Å². The van der Waals surface area contributed by atoms with E-state index >= 15 is 0 Å². The summed E-state index contributed by atoms with van der Waals surface area (Å²) in [5.41, 5.74) is 6.40. The summed E-state index contributed by atoms with van der Waals surface area (Å²) in [6, 6.07) is 42.3. The van der Waals surface area contributed by atoms with E-state index in [1.54, 1.807) is 0 Å². The average molecular weight is 450 g/mol. The Morgan fingerprint density at radius 3 is 2.15 bits per heavy atom. The van der Waals surface area contributed by atoms with Gasteiger partial charge >= 0.3 is 0 Å². The van der Waals surface area contributed by atoms with Crippen LogP contribution in [0.2, 0.25) is 0 Å². The number of fused-ring (bicyclic) bond motifs is 6. The van der Waals surface area contributed by atoms with E-state index in [1.807, 2.05) is 11.8 Å². The van der Waals surface area contributed by atoms with E-state index in [0.717, 1.165) is 0 Å². The Morgan fingerprint density at radius 2 is 1.21 bits per heavy atom. The Hall–Kier alpha value is -4.01. The predicted octanol–water partition coefficient (Wildman–Crippen LogP) is 9.22.